The Labute approximate surface area is 165 Å². The number of carbonyl (C=O) groups excluding carboxylic acids is 1. The van der Waals surface area contributed by atoms with Crippen molar-refractivity contribution in [1.29, 1.82) is 0 Å². The Bertz CT molecular complexity index is 1090. The van der Waals surface area contributed by atoms with Gasteiger partial charge in [-0.3, -0.25) is 0 Å². The van der Waals surface area contributed by atoms with Gasteiger partial charge in [0.25, 0.3) is 0 Å². The fourth-order valence-corrected chi connectivity index (χ4v) is 3.65. The average Bonchev–Trinajstić information content (AvgIpc) is 3.36. The van der Waals surface area contributed by atoms with E-state index in [0.29, 0.717) is 16.4 Å². The van der Waals surface area contributed by atoms with E-state index in [0.717, 1.165) is 16.3 Å². The quantitative estimate of drug-likeness (QED) is 0.478. The van der Waals surface area contributed by atoms with E-state index in [1.165, 1.54) is 11.3 Å². The third-order valence-electron chi connectivity index (χ3n) is 4.11. The number of aromatic nitrogens is 5. The molecule has 8 heteroatoms. The minimum Gasteiger partial charge on any atom is -0.450 e. The maximum atomic E-state index is 12.9. The first-order valence-corrected chi connectivity index (χ1v) is 9.52. The largest absolute Gasteiger partial charge is 0.450 e. The van der Waals surface area contributed by atoms with Gasteiger partial charge in [0, 0.05) is 5.56 Å². The number of para-hydroxylation sites is 1. The van der Waals surface area contributed by atoms with Crippen LogP contribution in [0.4, 0.5) is 0 Å². The van der Waals surface area contributed by atoms with Gasteiger partial charge in [0.05, 0.1) is 16.4 Å². The second-order valence-corrected chi connectivity index (χ2v) is 7.31. The minimum absolute atomic E-state index is 0.445. The first-order chi connectivity index (χ1) is 13.6. The predicted octanol–water partition coefficient (Wildman–Crippen LogP) is 4.01. The molecular formula is C20H17N5O2S. The Kier molecular flexibility index (Phi) is 4.94. The van der Waals surface area contributed by atoms with E-state index in [-0.39, 0.29) is 0 Å². The lowest BCUT2D eigenvalue weighted by molar-refractivity contribution is 0.0321. The summed E-state index contributed by atoms with van der Waals surface area (Å²) in [6, 6.07) is 19.1. The third kappa shape index (κ3) is 3.54. The molecule has 4 rings (SSSR count). The SMILES string of the molecule is Cc1nc(-c2ccccc2)c(C(=O)OC(C)c2nnnn2-c2ccccc2)s1. The summed E-state index contributed by atoms with van der Waals surface area (Å²) in [5, 5.41) is 12.6. The molecular weight excluding hydrogens is 374 g/mol. The Hall–Kier alpha value is -3.39. The molecule has 0 saturated heterocycles. The number of hydrogen-bond donors (Lipinski definition) is 0. The van der Waals surface area contributed by atoms with Crippen LogP contribution in [0.2, 0.25) is 0 Å². The number of hydrogen-bond acceptors (Lipinski definition) is 7. The Morgan fingerprint density at radius 2 is 1.75 bits per heavy atom. The summed E-state index contributed by atoms with van der Waals surface area (Å²) in [5.41, 5.74) is 2.30. The number of ether oxygens (including phenoxy) is 1. The smallest absolute Gasteiger partial charge is 0.351 e. The van der Waals surface area contributed by atoms with Crippen LogP contribution in [0, 0.1) is 6.92 Å². The van der Waals surface area contributed by atoms with Gasteiger partial charge in [-0.2, -0.15) is 4.68 Å². The highest BCUT2D eigenvalue weighted by molar-refractivity contribution is 7.14. The highest BCUT2D eigenvalue weighted by Crippen LogP contribution is 2.30. The van der Waals surface area contributed by atoms with Crippen LogP contribution >= 0.6 is 11.3 Å². The van der Waals surface area contributed by atoms with Crippen molar-refractivity contribution in [3.8, 4) is 16.9 Å². The van der Waals surface area contributed by atoms with E-state index >= 15 is 0 Å². The molecule has 7 nitrogen and oxygen atoms in total. The molecule has 0 aliphatic heterocycles. The van der Waals surface area contributed by atoms with Crippen molar-refractivity contribution in [1.82, 2.24) is 25.2 Å². The number of carbonyl (C=O) groups is 1. The predicted molar refractivity (Wildman–Crippen MR) is 105 cm³/mol. The molecule has 1 unspecified atom stereocenters. The molecule has 28 heavy (non-hydrogen) atoms. The normalized spacial score (nSPS) is 11.9. The Morgan fingerprint density at radius 3 is 2.46 bits per heavy atom. The summed E-state index contributed by atoms with van der Waals surface area (Å²) in [7, 11) is 0. The Morgan fingerprint density at radius 1 is 1.07 bits per heavy atom. The van der Waals surface area contributed by atoms with Crippen molar-refractivity contribution in [2.45, 2.75) is 20.0 Å². The standard InChI is InChI=1S/C20H17N5O2S/c1-13(19-22-23-24-25(19)16-11-7-4-8-12-16)27-20(26)18-17(21-14(2)28-18)15-9-5-3-6-10-15/h3-13H,1-2H3. The minimum atomic E-state index is -0.631. The van der Waals surface area contributed by atoms with Crippen molar-refractivity contribution >= 4 is 17.3 Å². The Balaban J connectivity index is 1.60. The van der Waals surface area contributed by atoms with E-state index in [2.05, 4.69) is 20.5 Å². The van der Waals surface area contributed by atoms with Crippen LogP contribution in [-0.2, 0) is 4.74 Å². The van der Waals surface area contributed by atoms with Crippen LogP contribution < -0.4 is 0 Å². The molecule has 0 aliphatic carbocycles. The molecule has 4 aromatic rings. The molecule has 0 N–H and O–H groups in total. The van der Waals surface area contributed by atoms with E-state index in [4.69, 9.17) is 4.74 Å². The molecule has 2 aromatic carbocycles. The van der Waals surface area contributed by atoms with Gasteiger partial charge >= 0.3 is 5.97 Å². The molecule has 0 radical (unpaired) electrons. The van der Waals surface area contributed by atoms with E-state index in [9.17, 15) is 4.79 Å². The molecule has 0 aliphatic rings. The fraction of sp³-hybridized carbons (Fsp3) is 0.150. The van der Waals surface area contributed by atoms with Crippen LogP contribution in [0.25, 0.3) is 16.9 Å². The number of aryl methyl sites for hydroxylation is 1. The van der Waals surface area contributed by atoms with Crippen LogP contribution in [0.15, 0.2) is 60.7 Å². The van der Waals surface area contributed by atoms with Crippen molar-refractivity contribution in [2.75, 3.05) is 0 Å². The highest BCUT2D eigenvalue weighted by Gasteiger charge is 2.25. The molecule has 0 saturated carbocycles. The van der Waals surface area contributed by atoms with E-state index < -0.39 is 12.1 Å². The zero-order valence-corrected chi connectivity index (χ0v) is 16.1. The number of benzene rings is 2. The summed E-state index contributed by atoms with van der Waals surface area (Å²) in [6.45, 7) is 3.62. The highest BCUT2D eigenvalue weighted by atomic mass is 32.1. The molecule has 0 fully saturated rings. The zero-order valence-electron chi connectivity index (χ0n) is 15.3. The van der Waals surface area contributed by atoms with Crippen molar-refractivity contribution < 1.29 is 9.53 Å². The number of esters is 1. The summed E-state index contributed by atoms with van der Waals surface area (Å²) < 4.78 is 7.25. The number of nitrogens with zero attached hydrogens (tertiary/aromatic N) is 5. The summed E-state index contributed by atoms with van der Waals surface area (Å²) >= 11 is 1.31. The maximum Gasteiger partial charge on any atom is 0.351 e. The van der Waals surface area contributed by atoms with Crippen molar-refractivity contribution in [3.05, 3.63) is 76.4 Å². The van der Waals surface area contributed by atoms with Crippen LogP contribution in [0.1, 0.15) is 33.5 Å². The lowest BCUT2D eigenvalue weighted by Gasteiger charge is -2.13. The second-order valence-electron chi connectivity index (χ2n) is 6.11. The number of tetrazole rings is 1. The molecule has 2 aromatic heterocycles. The zero-order chi connectivity index (χ0) is 19.5. The van der Waals surface area contributed by atoms with Gasteiger partial charge in [0.2, 0.25) is 0 Å². The topological polar surface area (TPSA) is 82.8 Å². The van der Waals surface area contributed by atoms with Crippen LogP contribution in [0.3, 0.4) is 0 Å². The molecule has 0 spiro atoms. The lowest BCUT2D eigenvalue weighted by Crippen LogP contribution is -2.14. The van der Waals surface area contributed by atoms with E-state index in [1.54, 1.807) is 11.6 Å². The first kappa shape index (κ1) is 18.0. The molecule has 0 bridgehead atoms. The van der Waals surface area contributed by atoms with Crippen molar-refractivity contribution in [2.24, 2.45) is 0 Å². The van der Waals surface area contributed by atoms with Gasteiger partial charge in [-0.1, -0.05) is 48.5 Å². The van der Waals surface area contributed by atoms with Gasteiger partial charge in [0.15, 0.2) is 11.9 Å². The second kappa shape index (κ2) is 7.69. The summed E-state index contributed by atoms with van der Waals surface area (Å²) in [6.07, 6.45) is -0.631. The van der Waals surface area contributed by atoms with E-state index in [1.807, 2.05) is 67.6 Å². The number of rotatable bonds is 5. The molecule has 1 atom stereocenters. The van der Waals surface area contributed by atoms with Gasteiger partial charge in [0.1, 0.15) is 4.88 Å². The molecule has 0 amide bonds. The number of thiazole rings is 1. The van der Waals surface area contributed by atoms with Gasteiger partial charge in [-0.25, -0.2) is 9.78 Å². The molecule has 2 heterocycles. The average molecular weight is 391 g/mol. The maximum absolute atomic E-state index is 12.9. The van der Waals surface area contributed by atoms with Crippen LogP contribution in [0.5, 0.6) is 0 Å². The van der Waals surface area contributed by atoms with Gasteiger partial charge in [-0.05, 0) is 36.4 Å². The van der Waals surface area contributed by atoms with Gasteiger partial charge < -0.3 is 4.74 Å². The summed E-state index contributed by atoms with van der Waals surface area (Å²) in [4.78, 5) is 17.9. The summed E-state index contributed by atoms with van der Waals surface area (Å²) in [5.74, 6) is 0.00149. The van der Waals surface area contributed by atoms with Crippen molar-refractivity contribution in [3.63, 3.8) is 0 Å². The lowest BCUT2D eigenvalue weighted by atomic mass is 10.1. The third-order valence-corrected chi connectivity index (χ3v) is 5.06. The molecule has 140 valence electrons. The monoisotopic (exact) mass is 391 g/mol. The van der Waals surface area contributed by atoms with Crippen LogP contribution in [-0.4, -0.2) is 31.2 Å². The first-order valence-electron chi connectivity index (χ1n) is 8.71. The fourth-order valence-electron chi connectivity index (χ4n) is 2.82. The van der Waals surface area contributed by atoms with Gasteiger partial charge in [-0.15, -0.1) is 16.4 Å².